The number of hydrogen-bond donors (Lipinski definition) is 1. The van der Waals surface area contributed by atoms with Gasteiger partial charge in [0.25, 0.3) is 0 Å². The topological polar surface area (TPSA) is 37.8 Å². The van der Waals surface area contributed by atoms with Crippen LogP contribution in [0.1, 0.15) is 32.5 Å². The van der Waals surface area contributed by atoms with E-state index in [0.717, 1.165) is 23.2 Å². The maximum atomic E-state index is 4.45. The van der Waals surface area contributed by atoms with E-state index in [2.05, 4.69) is 36.1 Å². The summed E-state index contributed by atoms with van der Waals surface area (Å²) in [5.41, 5.74) is 0. The molecule has 1 N–H and O–H groups in total. The van der Waals surface area contributed by atoms with Crippen LogP contribution >= 0.6 is 11.8 Å². The van der Waals surface area contributed by atoms with Crippen molar-refractivity contribution in [2.75, 3.05) is 18.1 Å². The molecule has 0 aliphatic heterocycles. The van der Waals surface area contributed by atoms with Crippen molar-refractivity contribution >= 4 is 17.6 Å². The van der Waals surface area contributed by atoms with Crippen LogP contribution in [0.5, 0.6) is 0 Å². The molecule has 0 unspecified atom stereocenters. The Hall–Kier alpha value is -0.770. The normalized spacial score (nSPS) is 10.6. The van der Waals surface area contributed by atoms with Crippen molar-refractivity contribution < 1.29 is 0 Å². The number of hydrogen-bond acceptors (Lipinski definition) is 4. The summed E-state index contributed by atoms with van der Waals surface area (Å²) in [5.74, 6) is 2.21. The predicted octanol–water partition coefficient (Wildman–Crippen LogP) is 2.75. The fraction of sp³-hybridized carbons (Fsp3) is 0.600. The second kappa shape index (κ2) is 5.20. The fourth-order valence-electron chi connectivity index (χ4n) is 1.08. The number of thioether (sulfide) groups is 1. The summed E-state index contributed by atoms with van der Waals surface area (Å²) in [6, 6.07) is 1.99. The summed E-state index contributed by atoms with van der Waals surface area (Å²) >= 11 is 1.65. The van der Waals surface area contributed by atoms with Crippen LogP contribution in [-0.4, -0.2) is 22.8 Å². The van der Waals surface area contributed by atoms with Gasteiger partial charge in [0, 0.05) is 18.5 Å². The lowest BCUT2D eigenvalue weighted by Gasteiger charge is -2.09. The molecule has 14 heavy (non-hydrogen) atoms. The fourth-order valence-corrected chi connectivity index (χ4v) is 1.49. The van der Waals surface area contributed by atoms with E-state index >= 15 is 0 Å². The SMILES string of the molecule is CCNc1cc(SC)nc(C(C)C)n1. The van der Waals surface area contributed by atoms with Gasteiger partial charge < -0.3 is 5.32 Å². The largest absolute Gasteiger partial charge is 0.370 e. The molecule has 0 radical (unpaired) electrons. The number of nitrogens with one attached hydrogen (secondary N) is 1. The highest BCUT2D eigenvalue weighted by Gasteiger charge is 2.06. The molecular formula is C10H17N3S. The van der Waals surface area contributed by atoms with Gasteiger partial charge in [0.15, 0.2) is 0 Å². The molecule has 0 aliphatic rings. The maximum Gasteiger partial charge on any atom is 0.134 e. The van der Waals surface area contributed by atoms with E-state index in [1.165, 1.54) is 0 Å². The molecule has 0 spiro atoms. The Balaban J connectivity index is 3.00. The number of anilines is 1. The Morgan fingerprint density at radius 2 is 2.14 bits per heavy atom. The summed E-state index contributed by atoms with van der Waals surface area (Å²) in [4.78, 5) is 8.88. The first kappa shape index (κ1) is 11.3. The Morgan fingerprint density at radius 1 is 1.43 bits per heavy atom. The molecule has 4 heteroatoms. The van der Waals surface area contributed by atoms with Gasteiger partial charge >= 0.3 is 0 Å². The summed E-state index contributed by atoms with van der Waals surface area (Å²) in [6.45, 7) is 7.17. The standard InChI is InChI=1S/C10H17N3S/c1-5-11-8-6-9(14-4)13-10(12-8)7(2)3/h6-7H,5H2,1-4H3,(H,11,12,13). The maximum absolute atomic E-state index is 4.45. The van der Waals surface area contributed by atoms with Gasteiger partial charge in [0.1, 0.15) is 16.7 Å². The van der Waals surface area contributed by atoms with Gasteiger partial charge in [-0.1, -0.05) is 13.8 Å². The van der Waals surface area contributed by atoms with Crippen molar-refractivity contribution in [3.63, 3.8) is 0 Å². The monoisotopic (exact) mass is 211 g/mol. The first-order valence-electron chi connectivity index (χ1n) is 4.84. The minimum absolute atomic E-state index is 0.375. The van der Waals surface area contributed by atoms with E-state index in [1.807, 2.05) is 12.3 Å². The molecule has 3 nitrogen and oxygen atoms in total. The minimum atomic E-state index is 0.375. The zero-order valence-electron chi connectivity index (χ0n) is 9.16. The lowest BCUT2D eigenvalue weighted by atomic mass is 10.2. The number of nitrogens with zero attached hydrogens (tertiary/aromatic N) is 2. The quantitative estimate of drug-likeness (QED) is 0.614. The van der Waals surface area contributed by atoms with Gasteiger partial charge in [-0.05, 0) is 13.2 Å². The van der Waals surface area contributed by atoms with Gasteiger partial charge in [0.2, 0.25) is 0 Å². The first-order chi connectivity index (χ1) is 6.67. The van der Waals surface area contributed by atoms with E-state index in [0.29, 0.717) is 5.92 Å². The third-order valence-corrected chi connectivity index (χ3v) is 2.43. The molecule has 0 bridgehead atoms. The molecule has 0 saturated heterocycles. The van der Waals surface area contributed by atoms with E-state index in [1.54, 1.807) is 11.8 Å². The van der Waals surface area contributed by atoms with Crippen molar-refractivity contribution in [1.82, 2.24) is 9.97 Å². The first-order valence-corrected chi connectivity index (χ1v) is 6.06. The van der Waals surface area contributed by atoms with Gasteiger partial charge in [0.05, 0.1) is 0 Å². The molecule has 0 aliphatic carbocycles. The molecule has 0 saturated carbocycles. The van der Waals surface area contributed by atoms with Crippen molar-refractivity contribution in [3.8, 4) is 0 Å². The Morgan fingerprint density at radius 3 is 2.64 bits per heavy atom. The highest BCUT2D eigenvalue weighted by atomic mass is 32.2. The summed E-state index contributed by atoms with van der Waals surface area (Å²) < 4.78 is 0. The zero-order chi connectivity index (χ0) is 10.6. The smallest absolute Gasteiger partial charge is 0.134 e. The Labute approximate surface area is 89.7 Å². The lowest BCUT2D eigenvalue weighted by Crippen LogP contribution is -2.05. The average Bonchev–Trinajstić information content (AvgIpc) is 2.17. The molecule has 1 aromatic rings. The van der Waals surface area contributed by atoms with Crippen molar-refractivity contribution in [2.45, 2.75) is 31.7 Å². The van der Waals surface area contributed by atoms with Crippen LogP contribution in [0.25, 0.3) is 0 Å². The van der Waals surface area contributed by atoms with Crippen LogP contribution in [0.3, 0.4) is 0 Å². The Bertz CT molecular complexity index is 299. The summed E-state index contributed by atoms with van der Waals surface area (Å²) in [5, 5.41) is 4.24. The third kappa shape index (κ3) is 2.87. The molecule has 0 atom stereocenters. The van der Waals surface area contributed by atoms with E-state index in [9.17, 15) is 0 Å². The molecule has 0 aromatic carbocycles. The van der Waals surface area contributed by atoms with Gasteiger partial charge in [-0.15, -0.1) is 11.8 Å². The van der Waals surface area contributed by atoms with Gasteiger partial charge in [-0.2, -0.15) is 0 Å². The van der Waals surface area contributed by atoms with Crippen LogP contribution in [0, 0.1) is 0 Å². The molecule has 0 fully saturated rings. The second-order valence-electron chi connectivity index (χ2n) is 3.34. The predicted molar refractivity (Wildman–Crippen MR) is 62.1 cm³/mol. The number of aromatic nitrogens is 2. The van der Waals surface area contributed by atoms with E-state index in [-0.39, 0.29) is 0 Å². The summed E-state index contributed by atoms with van der Waals surface area (Å²) in [7, 11) is 0. The summed E-state index contributed by atoms with van der Waals surface area (Å²) in [6.07, 6.45) is 2.03. The third-order valence-electron chi connectivity index (χ3n) is 1.80. The van der Waals surface area contributed by atoms with Crippen LogP contribution in [-0.2, 0) is 0 Å². The van der Waals surface area contributed by atoms with E-state index in [4.69, 9.17) is 0 Å². The molecule has 1 aromatic heterocycles. The number of rotatable bonds is 4. The van der Waals surface area contributed by atoms with Crippen LogP contribution < -0.4 is 5.32 Å². The van der Waals surface area contributed by atoms with Crippen LogP contribution in [0.15, 0.2) is 11.1 Å². The Kier molecular flexibility index (Phi) is 4.20. The van der Waals surface area contributed by atoms with Gasteiger partial charge in [-0.25, -0.2) is 9.97 Å². The lowest BCUT2D eigenvalue weighted by molar-refractivity contribution is 0.754. The van der Waals surface area contributed by atoms with Crippen LogP contribution in [0.4, 0.5) is 5.82 Å². The average molecular weight is 211 g/mol. The minimum Gasteiger partial charge on any atom is -0.370 e. The van der Waals surface area contributed by atoms with Gasteiger partial charge in [-0.3, -0.25) is 0 Å². The van der Waals surface area contributed by atoms with Crippen molar-refractivity contribution in [2.24, 2.45) is 0 Å². The van der Waals surface area contributed by atoms with Crippen molar-refractivity contribution in [1.29, 1.82) is 0 Å². The zero-order valence-corrected chi connectivity index (χ0v) is 9.98. The second-order valence-corrected chi connectivity index (χ2v) is 4.17. The van der Waals surface area contributed by atoms with Crippen LogP contribution in [0.2, 0.25) is 0 Å². The van der Waals surface area contributed by atoms with Crippen molar-refractivity contribution in [3.05, 3.63) is 11.9 Å². The molecule has 1 rings (SSSR count). The van der Waals surface area contributed by atoms with E-state index < -0.39 is 0 Å². The molecule has 0 amide bonds. The molecular weight excluding hydrogens is 194 g/mol. The highest BCUT2D eigenvalue weighted by Crippen LogP contribution is 2.19. The molecule has 1 heterocycles. The molecule has 78 valence electrons. The highest BCUT2D eigenvalue weighted by molar-refractivity contribution is 7.98.